The molecule has 0 fully saturated rings. The van der Waals surface area contributed by atoms with Crippen LogP contribution in [-0.4, -0.2) is 32.5 Å². The van der Waals surface area contributed by atoms with Gasteiger partial charge in [0.1, 0.15) is 11.4 Å². The molecule has 4 rings (SSSR count). The largest absolute Gasteiger partial charge is 0.425 e. The number of anilines is 1. The third-order valence-corrected chi connectivity index (χ3v) is 5.45. The van der Waals surface area contributed by atoms with Crippen LogP contribution in [0.25, 0.3) is 0 Å². The Morgan fingerprint density at radius 1 is 1.15 bits per heavy atom. The molecule has 1 unspecified atom stereocenters. The first-order valence-electron chi connectivity index (χ1n) is 9.28. The number of amides is 2. The average Bonchev–Trinajstić information content (AvgIpc) is 3.06. The first-order valence-corrected chi connectivity index (χ1v) is 9.66. The Kier molecular flexibility index (Phi) is 5.32. The minimum absolute atomic E-state index is 0.209. The fraction of sp³-hybridized carbons (Fsp3) is 0.150. The minimum atomic E-state index is -5.44. The standard InChI is InChI=1S/C20H13ClF3N5O4/c21-12-6-2-1-4-11(12)9-29-14-13(16(31)27-18(29)33)19(17(32)26-14,20(22,23)24)28-15(30)10-5-3-7-25-8-10/h1-8H,9H2,(H,26,32)(H,28,30)(H,27,31,33). The fourth-order valence-electron chi connectivity index (χ4n) is 3.51. The fourth-order valence-corrected chi connectivity index (χ4v) is 3.71. The van der Waals surface area contributed by atoms with Crippen LogP contribution in [0.4, 0.5) is 19.0 Å². The molecule has 0 bridgehead atoms. The predicted molar refractivity (Wildman–Crippen MR) is 110 cm³/mol. The lowest BCUT2D eigenvalue weighted by Gasteiger charge is -2.30. The van der Waals surface area contributed by atoms with Gasteiger partial charge in [-0.1, -0.05) is 29.8 Å². The van der Waals surface area contributed by atoms with Crippen LogP contribution in [-0.2, 0) is 16.9 Å². The molecule has 1 aliphatic rings. The monoisotopic (exact) mass is 479 g/mol. The second-order valence-corrected chi connectivity index (χ2v) is 7.47. The molecule has 0 saturated carbocycles. The molecule has 9 nitrogen and oxygen atoms in total. The highest BCUT2D eigenvalue weighted by Crippen LogP contribution is 2.45. The second-order valence-electron chi connectivity index (χ2n) is 7.06. The number of benzene rings is 1. The molecule has 33 heavy (non-hydrogen) atoms. The summed E-state index contributed by atoms with van der Waals surface area (Å²) in [6.07, 6.45) is -3.15. The van der Waals surface area contributed by atoms with Crippen molar-refractivity contribution >= 4 is 29.2 Å². The zero-order valence-electron chi connectivity index (χ0n) is 16.4. The van der Waals surface area contributed by atoms with Crippen molar-refractivity contribution in [2.24, 2.45) is 0 Å². The molecule has 3 aromatic rings. The molecular formula is C20H13ClF3N5O4. The maximum Gasteiger partial charge on any atom is 0.425 e. The molecule has 3 heterocycles. The predicted octanol–water partition coefficient (Wildman–Crippen LogP) is 1.77. The first-order chi connectivity index (χ1) is 15.6. The van der Waals surface area contributed by atoms with Crippen molar-refractivity contribution in [1.29, 1.82) is 0 Å². The third-order valence-electron chi connectivity index (χ3n) is 5.08. The van der Waals surface area contributed by atoms with Crippen LogP contribution in [0, 0.1) is 0 Å². The lowest BCUT2D eigenvalue weighted by Crippen LogP contribution is -2.62. The van der Waals surface area contributed by atoms with Crippen LogP contribution in [0.3, 0.4) is 0 Å². The Hall–Kier alpha value is -3.93. The molecule has 1 atom stereocenters. The van der Waals surface area contributed by atoms with Gasteiger partial charge in [-0.2, -0.15) is 13.2 Å². The number of hydrogen-bond acceptors (Lipinski definition) is 5. The maximum atomic E-state index is 14.4. The van der Waals surface area contributed by atoms with Crippen LogP contribution < -0.4 is 21.9 Å². The zero-order chi connectivity index (χ0) is 24.0. The lowest BCUT2D eigenvalue weighted by atomic mass is 9.91. The number of halogens is 4. The normalized spacial score (nSPS) is 17.4. The van der Waals surface area contributed by atoms with Gasteiger partial charge < -0.3 is 10.6 Å². The highest BCUT2D eigenvalue weighted by molar-refractivity contribution is 6.31. The van der Waals surface area contributed by atoms with E-state index in [0.717, 1.165) is 10.8 Å². The van der Waals surface area contributed by atoms with Crippen LogP contribution in [0.1, 0.15) is 21.5 Å². The second kappa shape index (κ2) is 7.89. The number of carbonyl (C=O) groups excluding carboxylic acids is 2. The van der Waals surface area contributed by atoms with Crippen molar-refractivity contribution in [3.05, 3.63) is 91.3 Å². The van der Waals surface area contributed by atoms with E-state index in [9.17, 15) is 32.3 Å². The Balaban J connectivity index is 1.92. The number of carbonyl (C=O) groups is 2. The summed E-state index contributed by atoms with van der Waals surface area (Å²) in [5.74, 6) is -3.74. The summed E-state index contributed by atoms with van der Waals surface area (Å²) in [6.45, 7) is -0.359. The van der Waals surface area contributed by atoms with Gasteiger partial charge in [0.15, 0.2) is 0 Å². The van der Waals surface area contributed by atoms with Gasteiger partial charge in [-0.15, -0.1) is 0 Å². The van der Waals surface area contributed by atoms with E-state index >= 15 is 0 Å². The van der Waals surface area contributed by atoms with Crippen molar-refractivity contribution in [2.75, 3.05) is 5.32 Å². The summed E-state index contributed by atoms with van der Waals surface area (Å²) in [4.78, 5) is 55.8. The summed E-state index contributed by atoms with van der Waals surface area (Å²) in [7, 11) is 0. The van der Waals surface area contributed by atoms with E-state index in [2.05, 4.69) is 4.98 Å². The van der Waals surface area contributed by atoms with Gasteiger partial charge >= 0.3 is 11.9 Å². The summed E-state index contributed by atoms with van der Waals surface area (Å²) in [5.41, 5.74) is -7.40. The van der Waals surface area contributed by atoms with E-state index in [1.807, 2.05) is 5.32 Å². The molecule has 1 aliphatic heterocycles. The molecule has 0 spiro atoms. The Morgan fingerprint density at radius 3 is 2.52 bits per heavy atom. The molecule has 3 N–H and O–H groups in total. The number of fused-ring (bicyclic) bond motifs is 1. The summed E-state index contributed by atoms with van der Waals surface area (Å²) in [5, 5.41) is 3.80. The molecule has 1 aromatic carbocycles. The van der Waals surface area contributed by atoms with Crippen LogP contribution >= 0.6 is 11.6 Å². The van der Waals surface area contributed by atoms with Gasteiger partial charge in [0.25, 0.3) is 22.9 Å². The number of aromatic nitrogens is 3. The van der Waals surface area contributed by atoms with E-state index in [1.165, 1.54) is 30.5 Å². The Bertz CT molecular complexity index is 1390. The van der Waals surface area contributed by atoms with Crippen molar-refractivity contribution in [3.8, 4) is 0 Å². The molecule has 2 amide bonds. The maximum absolute atomic E-state index is 14.4. The summed E-state index contributed by atoms with van der Waals surface area (Å²) in [6, 6.07) is 8.71. The Labute approximate surface area is 187 Å². The number of alkyl halides is 3. The average molecular weight is 480 g/mol. The number of nitrogens with one attached hydrogen (secondary N) is 3. The number of H-pyrrole nitrogens is 1. The number of nitrogens with zero attached hydrogens (tertiary/aromatic N) is 2. The zero-order valence-corrected chi connectivity index (χ0v) is 17.1. The van der Waals surface area contributed by atoms with E-state index in [0.29, 0.717) is 5.56 Å². The van der Waals surface area contributed by atoms with Gasteiger partial charge in [-0.3, -0.25) is 28.9 Å². The van der Waals surface area contributed by atoms with Crippen molar-refractivity contribution in [2.45, 2.75) is 18.3 Å². The highest BCUT2D eigenvalue weighted by atomic mass is 35.5. The van der Waals surface area contributed by atoms with E-state index in [4.69, 9.17) is 11.6 Å². The number of aromatic amines is 1. The lowest BCUT2D eigenvalue weighted by molar-refractivity contribution is -0.196. The first kappa shape index (κ1) is 22.3. The number of rotatable bonds is 4. The van der Waals surface area contributed by atoms with Crippen LogP contribution in [0.2, 0.25) is 5.02 Å². The van der Waals surface area contributed by atoms with E-state index in [1.54, 1.807) is 22.4 Å². The summed E-state index contributed by atoms with van der Waals surface area (Å²) < 4.78 is 43.9. The third kappa shape index (κ3) is 3.57. The van der Waals surface area contributed by atoms with Gasteiger partial charge in [0.05, 0.1) is 12.1 Å². The number of pyridine rings is 1. The topological polar surface area (TPSA) is 126 Å². The van der Waals surface area contributed by atoms with Gasteiger partial charge in [0, 0.05) is 17.4 Å². The molecule has 0 radical (unpaired) electrons. The quantitative estimate of drug-likeness (QED) is 0.526. The molecular weight excluding hydrogens is 467 g/mol. The molecule has 13 heteroatoms. The molecule has 0 saturated heterocycles. The molecule has 170 valence electrons. The van der Waals surface area contributed by atoms with E-state index in [-0.39, 0.29) is 17.1 Å². The smallest absolute Gasteiger partial charge is 0.326 e. The van der Waals surface area contributed by atoms with Gasteiger partial charge in [-0.25, -0.2) is 4.79 Å². The molecule has 0 aliphatic carbocycles. The number of hydrogen-bond donors (Lipinski definition) is 3. The minimum Gasteiger partial charge on any atom is -0.326 e. The SMILES string of the molecule is O=C(NC1(C(F)(F)F)C(=O)Nc2c1c(=O)[nH]c(=O)n2Cc1ccccc1Cl)c1cccnc1. The van der Waals surface area contributed by atoms with Crippen LogP contribution in [0.5, 0.6) is 0 Å². The van der Waals surface area contributed by atoms with E-state index < -0.39 is 46.2 Å². The molecule has 2 aromatic heterocycles. The highest BCUT2D eigenvalue weighted by Gasteiger charge is 2.68. The Morgan fingerprint density at radius 2 is 1.88 bits per heavy atom. The van der Waals surface area contributed by atoms with Gasteiger partial charge in [0.2, 0.25) is 0 Å². The summed E-state index contributed by atoms with van der Waals surface area (Å²) >= 11 is 6.09. The van der Waals surface area contributed by atoms with Crippen molar-refractivity contribution in [1.82, 2.24) is 19.9 Å². The van der Waals surface area contributed by atoms with Crippen molar-refractivity contribution in [3.63, 3.8) is 0 Å². The van der Waals surface area contributed by atoms with Gasteiger partial charge in [-0.05, 0) is 23.8 Å². The van der Waals surface area contributed by atoms with Crippen molar-refractivity contribution < 1.29 is 22.8 Å². The van der Waals surface area contributed by atoms with Crippen LogP contribution in [0.15, 0.2) is 58.4 Å².